The maximum atomic E-state index is 12.9. The number of aromatic amines is 2. The highest BCUT2D eigenvalue weighted by Crippen LogP contribution is 2.29. The van der Waals surface area contributed by atoms with Crippen LogP contribution in [0.15, 0.2) is 77.2 Å². The average molecular weight is 467 g/mol. The van der Waals surface area contributed by atoms with Crippen LogP contribution in [0.1, 0.15) is 16.7 Å². The highest BCUT2D eigenvalue weighted by Gasteiger charge is 2.16. The molecule has 0 saturated carbocycles. The van der Waals surface area contributed by atoms with Crippen molar-refractivity contribution in [3.05, 3.63) is 94.4 Å². The predicted molar refractivity (Wildman–Crippen MR) is 138 cm³/mol. The van der Waals surface area contributed by atoms with Gasteiger partial charge in [-0.05, 0) is 55.2 Å². The van der Waals surface area contributed by atoms with Gasteiger partial charge in [0, 0.05) is 36.4 Å². The van der Waals surface area contributed by atoms with Crippen LogP contribution < -0.4 is 5.56 Å². The monoisotopic (exact) mass is 466 g/mol. The molecule has 0 fully saturated rings. The van der Waals surface area contributed by atoms with E-state index in [1.54, 1.807) is 31.0 Å². The molecule has 176 valence electrons. The second-order valence-electron chi connectivity index (χ2n) is 8.63. The van der Waals surface area contributed by atoms with E-state index >= 15 is 0 Å². The van der Waals surface area contributed by atoms with Crippen LogP contribution in [0.2, 0.25) is 0 Å². The Morgan fingerprint density at radius 3 is 2.80 bits per heavy atom. The number of nitrogens with zero attached hydrogens (tertiary/aromatic N) is 4. The molecule has 0 saturated heterocycles. The summed E-state index contributed by atoms with van der Waals surface area (Å²) in [6.45, 7) is 3.99. The van der Waals surface area contributed by atoms with Crippen molar-refractivity contribution in [1.82, 2.24) is 24.5 Å². The summed E-state index contributed by atoms with van der Waals surface area (Å²) >= 11 is 0. The number of aromatic nitrogens is 5. The van der Waals surface area contributed by atoms with E-state index in [1.165, 1.54) is 5.56 Å². The van der Waals surface area contributed by atoms with Crippen molar-refractivity contribution in [3.8, 4) is 17.1 Å². The summed E-state index contributed by atoms with van der Waals surface area (Å²) in [7, 11) is 0. The Labute approximate surface area is 202 Å². The lowest BCUT2D eigenvalue weighted by Crippen LogP contribution is -2.12. The number of benzene rings is 2. The summed E-state index contributed by atoms with van der Waals surface area (Å²) in [5.74, 6) is 0.262. The van der Waals surface area contributed by atoms with Crippen LogP contribution in [0.25, 0.3) is 28.1 Å². The standard InChI is InChI=1S/C27H26N6O2/c1-17-5-3-4-6-20(17)12-19(15-34)14-30-22-7-8-29-27(35)24(22)26-31-23-13-21(33-10-9-28-16-33)11-18(2)25(23)32-26/h3-11,13-14,16,19,34H,12,15H2,1-2H3,(H,29,35)(H,31,32). The van der Waals surface area contributed by atoms with Crippen molar-refractivity contribution >= 4 is 22.9 Å². The van der Waals surface area contributed by atoms with Crippen LogP contribution in [0.5, 0.6) is 0 Å². The molecule has 0 radical (unpaired) electrons. The van der Waals surface area contributed by atoms with Gasteiger partial charge in [0.2, 0.25) is 0 Å². The van der Waals surface area contributed by atoms with E-state index in [0.29, 0.717) is 23.5 Å². The van der Waals surface area contributed by atoms with E-state index in [2.05, 4.69) is 39.0 Å². The molecule has 35 heavy (non-hydrogen) atoms. The Bertz CT molecular complexity index is 1560. The number of pyridine rings is 1. The average Bonchev–Trinajstić information content (AvgIpc) is 3.53. The van der Waals surface area contributed by atoms with E-state index < -0.39 is 0 Å². The zero-order valence-electron chi connectivity index (χ0n) is 19.6. The third-order valence-corrected chi connectivity index (χ3v) is 6.14. The smallest absolute Gasteiger partial charge is 0.261 e. The molecule has 0 amide bonds. The van der Waals surface area contributed by atoms with Gasteiger partial charge in [-0.3, -0.25) is 9.79 Å². The molecule has 3 aromatic heterocycles. The highest BCUT2D eigenvalue weighted by atomic mass is 16.3. The quantitative estimate of drug-likeness (QED) is 0.311. The number of H-pyrrole nitrogens is 2. The molecular weight excluding hydrogens is 440 g/mol. The third kappa shape index (κ3) is 4.56. The molecule has 5 aromatic rings. The molecule has 0 bridgehead atoms. The molecule has 2 aromatic carbocycles. The Morgan fingerprint density at radius 2 is 2.03 bits per heavy atom. The van der Waals surface area contributed by atoms with Gasteiger partial charge in [-0.1, -0.05) is 24.3 Å². The minimum absolute atomic E-state index is 0.0444. The van der Waals surface area contributed by atoms with Gasteiger partial charge >= 0.3 is 0 Å². The second-order valence-corrected chi connectivity index (χ2v) is 8.63. The number of nitrogens with one attached hydrogen (secondary N) is 2. The fourth-order valence-corrected chi connectivity index (χ4v) is 4.23. The van der Waals surface area contributed by atoms with Gasteiger partial charge in [0.25, 0.3) is 5.56 Å². The van der Waals surface area contributed by atoms with Gasteiger partial charge in [-0.15, -0.1) is 0 Å². The maximum absolute atomic E-state index is 12.9. The molecule has 0 spiro atoms. The molecule has 0 aliphatic rings. The fraction of sp³-hybridized carbons (Fsp3) is 0.185. The fourth-order valence-electron chi connectivity index (χ4n) is 4.23. The predicted octanol–water partition coefficient (Wildman–Crippen LogP) is 4.27. The molecule has 0 aliphatic carbocycles. The van der Waals surface area contributed by atoms with Crippen LogP contribution in [-0.4, -0.2) is 42.4 Å². The van der Waals surface area contributed by atoms with Crippen molar-refractivity contribution in [2.45, 2.75) is 20.3 Å². The van der Waals surface area contributed by atoms with Gasteiger partial charge in [-0.2, -0.15) is 0 Å². The van der Waals surface area contributed by atoms with Crippen molar-refractivity contribution in [1.29, 1.82) is 0 Å². The van der Waals surface area contributed by atoms with E-state index in [1.807, 2.05) is 42.0 Å². The lowest BCUT2D eigenvalue weighted by atomic mass is 9.97. The van der Waals surface area contributed by atoms with E-state index in [4.69, 9.17) is 4.98 Å². The topological polar surface area (TPSA) is 112 Å². The lowest BCUT2D eigenvalue weighted by molar-refractivity contribution is 0.263. The van der Waals surface area contributed by atoms with Gasteiger partial charge in [0.15, 0.2) is 0 Å². The van der Waals surface area contributed by atoms with Crippen molar-refractivity contribution in [3.63, 3.8) is 0 Å². The Hall–Kier alpha value is -4.30. The zero-order valence-corrected chi connectivity index (χ0v) is 19.6. The van der Waals surface area contributed by atoms with Crippen LogP contribution in [0.3, 0.4) is 0 Å². The number of aliphatic hydroxyl groups is 1. The Kier molecular flexibility index (Phi) is 6.12. The number of aliphatic hydroxyl groups excluding tert-OH is 1. The first-order valence-corrected chi connectivity index (χ1v) is 11.4. The van der Waals surface area contributed by atoms with Gasteiger partial charge < -0.3 is 19.6 Å². The highest BCUT2D eigenvalue weighted by molar-refractivity contribution is 5.86. The molecule has 1 atom stereocenters. The first kappa shape index (κ1) is 22.5. The third-order valence-electron chi connectivity index (χ3n) is 6.14. The molecule has 8 nitrogen and oxygen atoms in total. The molecule has 1 unspecified atom stereocenters. The largest absolute Gasteiger partial charge is 0.396 e. The molecule has 8 heteroatoms. The summed E-state index contributed by atoms with van der Waals surface area (Å²) in [5, 5.41) is 9.94. The number of rotatable bonds is 7. The summed E-state index contributed by atoms with van der Waals surface area (Å²) in [6.07, 6.45) is 9.29. The maximum Gasteiger partial charge on any atom is 0.261 e. The number of imidazole rings is 2. The molecule has 0 aliphatic heterocycles. The summed E-state index contributed by atoms with van der Waals surface area (Å²) in [6, 6.07) is 13.8. The summed E-state index contributed by atoms with van der Waals surface area (Å²) < 4.78 is 1.92. The number of aliphatic imine (C=N–C) groups is 1. The minimum atomic E-state index is -0.286. The van der Waals surface area contributed by atoms with E-state index in [-0.39, 0.29) is 18.1 Å². The van der Waals surface area contributed by atoms with E-state index in [9.17, 15) is 9.90 Å². The van der Waals surface area contributed by atoms with Crippen LogP contribution in [0, 0.1) is 19.8 Å². The van der Waals surface area contributed by atoms with Gasteiger partial charge in [0.05, 0.1) is 29.7 Å². The number of aryl methyl sites for hydroxylation is 2. The number of hydrogen-bond donors (Lipinski definition) is 3. The van der Waals surface area contributed by atoms with Crippen molar-refractivity contribution < 1.29 is 5.11 Å². The van der Waals surface area contributed by atoms with Gasteiger partial charge in [-0.25, -0.2) is 9.97 Å². The Balaban J connectivity index is 1.51. The Morgan fingerprint density at radius 1 is 1.17 bits per heavy atom. The zero-order chi connectivity index (χ0) is 24.4. The van der Waals surface area contributed by atoms with E-state index in [0.717, 1.165) is 27.8 Å². The molecule has 3 heterocycles. The first-order chi connectivity index (χ1) is 17.0. The number of hydrogen-bond acceptors (Lipinski definition) is 5. The SMILES string of the molecule is Cc1ccccc1CC(C=Nc1cc[nH]c(=O)c1-c1nc2c(C)cc(-n3ccnc3)cc2[nH]1)CO. The number of fused-ring (bicyclic) bond motifs is 1. The molecular formula is C27H26N6O2. The van der Waals surface area contributed by atoms with Crippen molar-refractivity contribution in [2.75, 3.05) is 6.61 Å². The molecule has 3 N–H and O–H groups in total. The second kappa shape index (κ2) is 9.52. The normalized spacial score (nSPS) is 12.5. The first-order valence-electron chi connectivity index (χ1n) is 11.4. The summed E-state index contributed by atoms with van der Waals surface area (Å²) in [4.78, 5) is 32.3. The van der Waals surface area contributed by atoms with Gasteiger partial charge in [0.1, 0.15) is 11.4 Å². The summed E-state index contributed by atoms with van der Waals surface area (Å²) in [5.41, 5.74) is 6.42. The minimum Gasteiger partial charge on any atom is -0.396 e. The van der Waals surface area contributed by atoms with Crippen LogP contribution in [-0.2, 0) is 6.42 Å². The lowest BCUT2D eigenvalue weighted by Gasteiger charge is -2.11. The van der Waals surface area contributed by atoms with Crippen LogP contribution in [0.4, 0.5) is 5.69 Å². The molecule has 5 rings (SSSR count). The van der Waals surface area contributed by atoms with Crippen LogP contribution >= 0.6 is 0 Å². The van der Waals surface area contributed by atoms with Crippen molar-refractivity contribution in [2.24, 2.45) is 10.9 Å².